The van der Waals surface area contributed by atoms with Crippen molar-refractivity contribution < 1.29 is 4.39 Å². The van der Waals surface area contributed by atoms with Gasteiger partial charge in [-0.2, -0.15) is 5.10 Å². The summed E-state index contributed by atoms with van der Waals surface area (Å²) in [5.41, 5.74) is 5.35. The van der Waals surface area contributed by atoms with Gasteiger partial charge in [-0.25, -0.2) is 9.07 Å². The van der Waals surface area contributed by atoms with Gasteiger partial charge in [0.15, 0.2) is 5.11 Å². The molecule has 2 N–H and O–H groups in total. The van der Waals surface area contributed by atoms with Crippen molar-refractivity contribution >= 4 is 23.0 Å². The standard InChI is InChI=1S/C20H21FN4S/c1-13-9-10-16(11-19(13)21)23-20(26)22-12-18-14(2)24-25(15(18)3)17-7-5-4-6-8-17/h4-11H,12H2,1-3H3,(H2,22,23,26). The minimum Gasteiger partial charge on any atom is -0.358 e. The number of aryl methyl sites for hydroxylation is 2. The lowest BCUT2D eigenvalue weighted by atomic mass is 10.2. The Kier molecular flexibility index (Phi) is 5.32. The molecule has 0 spiro atoms. The van der Waals surface area contributed by atoms with Crippen molar-refractivity contribution in [3.8, 4) is 5.69 Å². The summed E-state index contributed by atoms with van der Waals surface area (Å²) in [6, 6.07) is 15.0. The number of rotatable bonds is 4. The van der Waals surface area contributed by atoms with Crippen LogP contribution in [-0.4, -0.2) is 14.9 Å². The smallest absolute Gasteiger partial charge is 0.171 e. The molecule has 0 aliphatic heterocycles. The van der Waals surface area contributed by atoms with Crippen molar-refractivity contribution in [1.82, 2.24) is 15.1 Å². The van der Waals surface area contributed by atoms with Gasteiger partial charge in [-0.3, -0.25) is 0 Å². The largest absolute Gasteiger partial charge is 0.358 e. The van der Waals surface area contributed by atoms with Crippen molar-refractivity contribution in [2.24, 2.45) is 0 Å². The van der Waals surface area contributed by atoms with Crippen LogP contribution in [0.3, 0.4) is 0 Å². The SMILES string of the molecule is Cc1ccc(NC(=S)NCc2c(C)nn(-c3ccccc3)c2C)cc1F. The van der Waals surface area contributed by atoms with E-state index in [-0.39, 0.29) is 5.82 Å². The molecule has 2 aromatic carbocycles. The number of halogens is 1. The summed E-state index contributed by atoms with van der Waals surface area (Å²) in [6.07, 6.45) is 0. The molecule has 0 bridgehead atoms. The quantitative estimate of drug-likeness (QED) is 0.669. The van der Waals surface area contributed by atoms with Crippen LogP contribution >= 0.6 is 12.2 Å². The number of thiocarbonyl (C=S) groups is 1. The Morgan fingerprint density at radius 3 is 2.54 bits per heavy atom. The third-order valence-corrected chi connectivity index (χ3v) is 4.54. The highest BCUT2D eigenvalue weighted by atomic mass is 32.1. The van der Waals surface area contributed by atoms with E-state index in [1.807, 2.05) is 48.9 Å². The second kappa shape index (κ2) is 7.66. The molecule has 3 rings (SSSR count). The summed E-state index contributed by atoms with van der Waals surface area (Å²) in [6.45, 7) is 6.29. The highest BCUT2D eigenvalue weighted by Crippen LogP contribution is 2.18. The molecule has 134 valence electrons. The van der Waals surface area contributed by atoms with E-state index < -0.39 is 0 Å². The van der Waals surface area contributed by atoms with E-state index in [4.69, 9.17) is 12.2 Å². The van der Waals surface area contributed by atoms with Crippen molar-refractivity contribution in [3.05, 3.63) is 76.9 Å². The molecule has 4 nitrogen and oxygen atoms in total. The van der Waals surface area contributed by atoms with Crippen LogP contribution in [0.1, 0.15) is 22.5 Å². The molecule has 0 fully saturated rings. The fourth-order valence-corrected chi connectivity index (χ4v) is 2.96. The maximum absolute atomic E-state index is 13.6. The molecule has 0 unspecified atom stereocenters. The molecular weight excluding hydrogens is 347 g/mol. The minimum atomic E-state index is -0.256. The summed E-state index contributed by atoms with van der Waals surface area (Å²) in [7, 11) is 0. The van der Waals surface area contributed by atoms with Crippen LogP contribution in [0.5, 0.6) is 0 Å². The van der Waals surface area contributed by atoms with Gasteiger partial charge in [0.1, 0.15) is 5.82 Å². The van der Waals surface area contributed by atoms with Crippen LogP contribution in [0.4, 0.5) is 10.1 Å². The number of benzene rings is 2. The Bertz CT molecular complexity index is 934. The van der Waals surface area contributed by atoms with E-state index in [0.29, 0.717) is 22.9 Å². The molecule has 0 radical (unpaired) electrons. The van der Waals surface area contributed by atoms with Crippen molar-refractivity contribution in [1.29, 1.82) is 0 Å². The molecule has 1 heterocycles. The number of aromatic nitrogens is 2. The highest BCUT2D eigenvalue weighted by Gasteiger charge is 2.13. The lowest BCUT2D eigenvalue weighted by Crippen LogP contribution is -2.28. The van der Waals surface area contributed by atoms with Crippen molar-refractivity contribution in [3.63, 3.8) is 0 Å². The zero-order valence-electron chi connectivity index (χ0n) is 15.0. The summed E-state index contributed by atoms with van der Waals surface area (Å²) in [5.74, 6) is -0.256. The highest BCUT2D eigenvalue weighted by molar-refractivity contribution is 7.80. The molecule has 0 aliphatic rings. The fourth-order valence-electron chi connectivity index (χ4n) is 2.77. The van der Waals surface area contributed by atoms with Crippen LogP contribution in [0.15, 0.2) is 48.5 Å². The maximum atomic E-state index is 13.6. The second-order valence-corrected chi connectivity index (χ2v) is 6.58. The van der Waals surface area contributed by atoms with Crippen molar-refractivity contribution in [2.75, 3.05) is 5.32 Å². The van der Waals surface area contributed by atoms with E-state index in [0.717, 1.165) is 22.6 Å². The summed E-state index contributed by atoms with van der Waals surface area (Å²) < 4.78 is 15.6. The number of anilines is 1. The van der Waals surface area contributed by atoms with Gasteiger partial charge in [0.2, 0.25) is 0 Å². The summed E-state index contributed by atoms with van der Waals surface area (Å²) >= 11 is 5.33. The first-order valence-electron chi connectivity index (χ1n) is 8.37. The molecule has 3 aromatic rings. The normalized spacial score (nSPS) is 10.6. The van der Waals surface area contributed by atoms with Crippen LogP contribution in [0, 0.1) is 26.6 Å². The van der Waals surface area contributed by atoms with Crippen molar-refractivity contribution in [2.45, 2.75) is 27.3 Å². The molecular formula is C20H21FN4S. The second-order valence-electron chi connectivity index (χ2n) is 6.17. The lowest BCUT2D eigenvalue weighted by Gasteiger charge is -2.11. The zero-order chi connectivity index (χ0) is 18.7. The third kappa shape index (κ3) is 3.91. The Labute approximate surface area is 158 Å². The Hall–Kier alpha value is -2.73. The molecule has 26 heavy (non-hydrogen) atoms. The lowest BCUT2D eigenvalue weighted by molar-refractivity contribution is 0.619. The molecule has 1 aromatic heterocycles. The van der Waals surface area contributed by atoms with E-state index >= 15 is 0 Å². The van der Waals surface area contributed by atoms with Gasteiger partial charge < -0.3 is 10.6 Å². The first kappa shape index (κ1) is 18.1. The Morgan fingerprint density at radius 1 is 1.12 bits per heavy atom. The monoisotopic (exact) mass is 368 g/mol. The van der Waals surface area contributed by atoms with E-state index in [9.17, 15) is 4.39 Å². The van der Waals surface area contributed by atoms with Crippen LogP contribution < -0.4 is 10.6 Å². The van der Waals surface area contributed by atoms with Gasteiger partial charge in [-0.05, 0) is 62.8 Å². The van der Waals surface area contributed by atoms with E-state index in [1.165, 1.54) is 6.07 Å². The molecule has 6 heteroatoms. The summed E-state index contributed by atoms with van der Waals surface area (Å²) in [4.78, 5) is 0. The van der Waals surface area contributed by atoms with Crippen LogP contribution in [0.2, 0.25) is 0 Å². The number of nitrogens with one attached hydrogen (secondary N) is 2. The first-order chi connectivity index (χ1) is 12.5. The molecule has 0 saturated carbocycles. The number of hydrogen-bond acceptors (Lipinski definition) is 2. The van der Waals surface area contributed by atoms with E-state index in [2.05, 4.69) is 15.7 Å². The van der Waals surface area contributed by atoms with E-state index in [1.54, 1.807) is 19.1 Å². The molecule has 0 atom stereocenters. The topological polar surface area (TPSA) is 41.9 Å². The Morgan fingerprint density at radius 2 is 1.85 bits per heavy atom. The number of para-hydroxylation sites is 1. The molecule has 0 saturated heterocycles. The van der Waals surface area contributed by atoms with Gasteiger partial charge in [0.25, 0.3) is 0 Å². The predicted molar refractivity (Wildman–Crippen MR) is 107 cm³/mol. The molecule has 0 aliphatic carbocycles. The van der Waals surface area contributed by atoms with Gasteiger partial charge in [0.05, 0.1) is 11.4 Å². The van der Waals surface area contributed by atoms with Gasteiger partial charge >= 0.3 is 0 Å². The fraction of sp³-hybridized carbons (Fsp3) is 0.200. The maximum Gasteiger partial charge on any atom is 0.171 e. The number of hydrogen-bond donors (Lipinski definition) is 2. The van der Waals surface area contributed by atoms with Crippen LogP contribution in [-0.2, 0) is 6.54 Å². The average Bonchev–Trinajstić information content (AvgIpc) is 2.91. The minimum absolute atomic E-state index is 0.256. The number of nitrogens with zero attached hydrogens (tertiary/aromatic N) is 2. The average molecular weight is 368 g/mol. The third-order valence-electron chi connectivity index (χ3n) is 4.30. The van der Waals surface area contributed by atoms with Gasteiger partial charge in [0, 0.05) is 23.5 Å². The molecule has 0 amide bonds. The summed E-state index contributed by atoms with van der Waals surface area (Å²) in [5, 5.41) is 11.3. The zero-order valence-corrected chi connectivity index (χ0v) is 15.8. The first-order valence-corrected chi connectivity index (χ1v) is 8.78. The Balaban J connectivity index is 1.69. The predicted octanol–water partition coefficient (Wildman–Crippen LogP) is 4.42. The van der Waals surface area contributed by atoms with Gasteiger partial charge in [-0.15, -0.1) is 0 Å². The van der Waals surface area contributed by atoms with Crippen LogP contribution in [0.25, 0.3) is 5.69 Å². The van der Waals surface area contributed by atoms with Gasteiger partial charge in [-0.1, -0.05) is 24.3 Å².